The zero-order chi connectivity index (χ0) is 20.9. The quantitative estimate of drug-likeness (QED) is 0.732. The summed E-state index contributed by atoms with van der Waals surface area (Å²) in [6, 6.07) is 7.26. The maximum atomic E-state index is 13.5. The van der Waals surface area contributed by atoms with Gasteiger partial charge in [-0.15, -0.1) is 5.10 Å². The fourth-order valence-corrected chi connectivity index (χ4v) is 4.72. The summed E-state index contributed by atoms with van der Waals surface area (Å²) in [6.45, 7) is 3.05. The van der Waals surface area contributed by atoms with Crippen LogP contribution in [-0.2, 0) is 9.53 Å². The first kappa shape index (κ1) is 20.9. The van der Waals surface area contributed by atoms with Gasteiger partial charge >= 0.3 is 0 Å². The van der Waals surface area contributed by atoms with Crippen LogP contribution in [0.5, 0.6) is 0 Å². The summed E-state index contributed by atoms with van der Waals surface area (Å²) < 4.78 is 9.65. The van der Waals surface area contributed by atoms with Gasteiger partial charge in [-0.1, -0.05) is 47.2 Å². The van der Waals surface area contributed by atoms with Gasteiger partial charge < -0.3 is 15.0 Å². The van der Waals surface area contributed by atoms with Crippen LogP contribution in [0.3, 0.4) is 0 Å². The Labute approximate surface area is 181 Å². The monoisotopic (exact) mass is 428 g/mol. The molecule has 2 atom stereocenters. The van der Waals surface area contributed by atoms with E-state index < -0.39 is 6.04 Å². The van der Waals surface area contributed by atoms with Crippen molar-refractivity contribution in [2.24, 2.45) is 0 Å². The van der Waals surface area contributed by atoms with Gasteiger partial charge in [-0.2, -0.15) is 0 Å². The van der Waals surface area contributed by atoms with Crippen LogP contribution in [0.4, 0.5) is 0 Å². The molecule has 0 radical (unpaired) electrons. The molecule has 1 N–H and O–H groups in total. The number of carbonyl (C=O) groups is 2. The van der Waals surface area contributed by atoms with Crippen LogP contribution in [0.25, 0.3) is 0 Å². The van der Waals surface area contributed by atoms with Crippen LogP contribution in [0.15, 0.2) is 29.6 Å². The Morgan fingerprint density at radius 2 is 1.97 bits per heavy atom. The molecule has 7 nitrogen and oxygen atoms in total. The van der Waals surface area contributed by atoms with E-state index in [1.165, 1.54) is 0 Å². The molecule has 2 amide bonds. The molecule has 2 aromatic rings. The van der Waals surface area contributed by atoms with Crippen LogP contribution >= 0.6 is 11.5 Å². The zero-order valence-electron chi connectivity index (χ0n) is 17.3. The molecule has 1 aliphatic heterocycles. The first-order valence-corrected chi connectivity index (χ1v) is 11.5. The molecule has 0 bridgehead atoms. The molecule has 0 spiro atoms. The van der Waals surface area contributed by atoms with Crippen molar-refractivity contribution in [3.05, 3.63) is 46.5 Å². The molecule has 0 unspecified atom stereocenters. The molecule has 2 aliphatic rings. The van der Waals surface area contributed by atoms with Crippen molar-refractivity contribution in [1.82, 2.24) is 19.8 Å². The normalized spacial score (nSPS) is 20.2. The first-order chi connectivity index (χ1) is 14.6. The molecule has 1 aromatic heterocycles. The molecular formula is C22H28N4O3S. The van der Waals surface area contributed by atoms with Crippen LogP contribution in [0, 0.1) is 6.92 Å². The van der Waals surface area contributed by atoms with Crippen LogP contribution in [0.2, 0.25) is 0 Å². The summed E-state index contributed by atoms with van der Waals surface area (Å²) in [4.78, 5) is 28.5. The Morgan fingerprint density at radius 1 is 1.20 bits per heavy atom. The number of hydrogen-bond donors (Lipinski definition) is 1. The molecule has 160 valence electrons. The summed E-state index contributed by atoms with van der Waals surface area (Å²) in [5, 5.41) is 8.79. The van der Waals surface area contributed by atoms with Gasteiger partial charge in [-0.25, -0.2) is 0 Å². The van der Waals surface area contributed by atoms with Crippen LogP contribution < -0.4 is 5.32 Å². The van der Waals surface area contributed by atoms with Gasteiger partial charge in [0.25, 0.3) is 5.91 Å². The molecule has 1 aliphatic carbocycles. The predicted molar refractivity (Wildman–Crippen MR) is 114 cm³/mol. The summed E-state index contributed by atoms with van der Waals surface area (Å²) >= 11 is 1.13. The number of ether oxygens (including phenoxy) is 1. The SMILES string of the molecule is Cc1ccc([C@@H](C(=O)NC2CCCC2)N(C[C@@H]2CCCO2)C(=O)c2csnn2)cc1. The Morgan fingerprint density at radius 3 is 2.60 bits per heavy atom. The van der Waals surface area contributed by atoms with Crippen molar-refractivity contribution in [2.75, 3.05) is 13.2 Å². The summed E-state index contributed by atoms with van der Waals surface area (Å²) in [6.07, 6.45) is 6.00. The lowest BCUT2D eigenvalue weighted by Crippen LogP contribution is -2.48. The lowest BCUT2D eigenvalue weighted by molar-refractivity contribution is -0.127. The molecule has 30 heavy (non-hydrogen) atoms. The molecule has 1 saturated carbocycles. The van der Waals surface area contributed by atoms with Gasteiger partial charge in [-0.3, -0.25) is 9.59 Å². The number of aromatic nitrogens is 2. The number of aryl methyl sites for hydroxylation is 1. The Balaban J connectivity index is 1.67. The first-order valence-electron chi connectivity index (χ1n) is 10.7. The highest BCUT2D eigenvalue weighted by molar-refractivity contribution is 7.03. The predicted octanol–water partition coefficient (Wildman–Crippen LogP) is 3.27. The van der Waals surface area contributed by atoms with Gasteiger partial charge in [0.2, 0.25) is 5.91 Å². The van der Waals surface area contributed by atoms with Gasteiger partial charge in [-0.05, 0) is 49.7 Å². The fraction of sp³-hybridized carbons (Fsp3) is 0.545. The van der Waals surface area contributed by atoms with E-state index in [4.69, 9.17) is 4.74 Å². The third-order valence-corrected chi connectivity index (χ3v) is 6.42. The second kappa shape index (κ2) is 9.66. The van der Waals surface area contributed by atoms with Crippen LogP contribution in [0.1, 0.15) is 66.2 Å². The highest BCUT2D eigenvalue weighted by atomic mass is 32.1. The van der Waals surface area contributed by atoms with E-state index in [9.17, 15) is 9.59 Å². The van der Waals surface area contributed by atoms with Crippen molar-refractivity contribution in [3.8, 4) is 0 Å². The van der Waals surface area contributed by atoms with Crippen LogP contribution in [-0.4, -0.2) is 51.6 Å². The number of benzene rings is 1. The number of nitrogens with one attached hydrogen (secondary N) is 1. The summed E-state index contributed by atoms with van der Waals surface area (Å²) in [5.41, 5.74) is 2.17. The second-order valence-electron chi connectivity index (χ2n) is 8.19. The summed E-state index contributed by atoms with van der Waals surface area (Å²) in [7, 11) is 0. The number of amides is 2. The van der Waals surface area contributed by atoms with Gasteiger partial charge in [0.15, 0.2) is 5.69 Å². The lowest BCUT2D eigenvalue weighted by Gasteiger charge is -2.33. The van der Waals surface area contributed by atoms with Crippen molar-refractivity contribution >= 4 is 23.3 Å². The van der Waals surface area contributed by atoms with E-state index >= 15 is 0 Å². The second-order valence-corrected chi connectivity index (χ2v) is 8.80. The zero-order valence-corrected chi connectivity index (χ0v) is 18.1. The molecule has 2 fully saturated rings. The smallest absolute Gasteiger partial charge is 0.276 e. The Hall–Kier alpha value is -2.32. The van der Waals surface area contributed by atoms with E-state index in [2.05, 4.69) is 14.9 Å². The molecular weight excluding hydrogens is 400 g/mol. The van der Waals surface area contributed by atoms with E-state index in [0.717, 1.165) is 61.2 Å². The van der Waals surface area contributed by atoms with E-state index in [0.29, 0.717) is 13.2 Å². The number of carbonyl (C=O) groups excluding carboxylic acids is 2. The van der Waals surface area contributed by atoms with Gasteiger partial charge in [0.1, 0.15) is 6.04 Å². The largest absolute Gasteiger partial charge is 0.376 e. The molecule has 4 rings (SSSR count). The number of nitrogens with zero attached hydrogens (tertiary/aromatic N) is 3. The average Bonchev–Trinajstić information content (AvgIpc) is 3.52. The topological polar surface area (TPSA) is 84.4 Å². The number of rotatable bonds is 7. The maximum Gasteiger partial charge on any atom is 0.276 e. The summed E-state index contributed by atoms with van der Waals surface area (Å²) in [5.74, 6) is -0.424. The van der Waals surface area contributed by atoms with Crippen molar-refractivity contribution in [1.29, 1.82) is 0 Å². The van der Waals surface area contributed by atoms with E-state index in [-0.39, 0.29) is 29.7 Å². The standard InChI is InChI=1S/C22H28N4O3S/c1-15-8-10-16(11-9-15)20(21(27)23-17-5-2-3-6-17)26(13-18-7-4-12-29-18)22(28)19-14-30-25-24-19/h8-11,14,17-18,20H,2-7,12-13H2,1H3,(H,23,27)/t18-,20-/m0/s1. The van der Waals surface area contributed by atoms with E-state index in [1.807, 2.05) is 31.2 Å². The average molecular weight is 429 g/mol. The Kier molecular flexibility index (Phi) is 6.74. The van der Waals surface area contributed by atoms with Gasteiger partial charge in [0, 0.05) is 24.6 Å². The Bertz CT molecular complexity index is 844. The van der Waals surface area contributed by atoms with Crippen molar-refractivity contribution in [2.45, 2.75) is 63.6 Å². The molecule has 2 heterocycles. The fourth-order valence-electron chi connectivity index (χ4n) is 4.29. The molecule has 8 heteroatoms. The minimum atomic E-state index is -0.732. The number of hydrogen-bond acceptors (Lipinski definition) is 6. The minimum Gasteiger partial charge on any atom is -0.376 e. The third kappa shape index (κ3) is 4.87. The van der Waals surface area contributed by atoms with Gasteiger partial charge in [0.05, 0.1) is 6.10 Å². The third-order valence-electron chi connectivity index (χ3n) is 5.92. The van der Waals surface area contributed by atoms with E-state index in [1.54, 1.807) is 10.3 Å². The highest BCUT2D eigenvalue weighted by Gasteiger charge is 2.36. The van der Waals surface area contributed by atoms with Crippen molar-refractivity contribution < 1.29 is 14.3 Å². The minimum absolute atomic E-state index is 0.0761. The maximum absolute atomic E-state index is 13.5. The highest BCUT2D eigenvalue weighted by Crippen LogP contribution is 2.28. The van der Waals surface area contributed by atoms with Crippen molar-refractivity contribution in [3.63, 3.8) is 0 Å². The lowest BCUT2D eigenvalue weighted by atomic mass is 10.0. The molecule has 1 aromatic carbocycles. The molecule has 1 saturated heterocycles.